The molecule has 0 spiro atoms. The van der Waals surface area contributed by atoms with E-state index in [4.69, 9.17) is 9.47 Å². The van der Waals surface area contributed by atoms with Crippen LogP contribution in [0.3, 0.4) is 0 Å². The fourth-order valence-corrected chi connectivity index (χ4v) is 2.71. The van der Waals surface area contributed by atoms with E-state index in [0.29, 0.717) is 0 Å². The third-order valence-electron chi connectivity index (χ3n) is 4.15. The van der Waals surface area contributed by atoms with Gasteiger partial charge in [-0.25, -0.2) is 0 Å². The van der Waals surface area contributed by atoms with Crippen molar-refractivity contribution in [2.75, 3.05) is 18.5 Å². The molecule has 2 aromatic rings. The maximum atomic E-state index is 6.01. The van der Waals surface area contributed by atoms with Gasteiger partial charge in [0.25, 0.3) is 0 Å². The van der Waals surface area contributed by atoms with Gasteiger partial charge in [-0.1, -0.05) is 12.1 Å². The number of hydrogen-bond donors (Lipinski definition) is 1. The van der Waals surface area contributed by atoms with Crippen LogP contribution in [0, 0.1) is 6.92 Å². The Bertz CT molecular complexity index is 604. The zero-order chi connectivity index (χ0) is 16.1. The van der Waals surface area contributed by atoms with E-state index in [9.17, 15) is 0 Å². The van der Waals surface area contributed by atoms with Crippen LogP contribution in [0.4, 0.5) is 5.69 Å². The smallest absolute Gasteiger partial charge is 0.119 e. The highest BCUT2D eigenvalue weighted by Crippen LogP contribution is 2.23. The topological polar surface area (TPSA) is 43.4 Å². The van der Waals surface area contributed by atoms with Crippen molar-refractivity contribution in [1.29, 1.82) is 0 Å². The highest BCUT2D eigenvalue weighted by molar-refractivity contribution is 5.44. The lowest BCUT2D eigenvalue weighted by atomic mass is 10.1. The van der Waals surface area contributed by atoms with Crippen molar-refractivity contribution in [1.82, 2.24) is 4.98 Å². The van der Waals surface area contributed by atoms with Gasteiger partial charge in [-0.05, 0) is 43.7 Å². The summed E-state index contributed by atoms with van der Waals surface area (Å²) >= 11 is 0. The second-order valence-electron chi connectivity index (χ2n) is 6.05. The molecule has 1 fully saturated rings. The Morgan fingerprint density at radius 1 is 1.13 bits per heavy atom. The van der Waals surface area contributed by atoms with E-state index in [2.05, 4.69) is 47.6 Å². The first-order chi connectivity index (χ1) is 11.2. The second kappa shape index (κ2) is 7.47. The van der Waals surface area contributed by atoms with E-state index in [-0.39, 0.29) is 12.1 Å². The molecule has 1 atom stereocenters. The van der Waals surface area contributed by atoms with Crippen LogP contribution in [-0.4, -0.2) is 24.3 Å². The summed E-state index contributed by atoms with van der Waals surface area (Å²) in [6.07, 6.45) is 4.10. The summed E-state index contributed by atoms with van der Waals surface area (Å²) < 4.78 is 11.4. The van der Waals surface area contributed by atoms with Gasteiger partial charge in [0.05, 0.1) is 25.1 Å². The first kappa shape index (κ1) is 15.8. The molecule has 1 aliphatic rings. The number of pyridine rings is 1. The zero-order valence-electron chi connectivity index (χ0n) is 13.8. The number of rotatable bonds is 5. The highest BCUT2D eigenvalue weighted by atomic mass is 16.5. The van der Waals surface area contributed by atoms with Crippen molar-refractivity contribution < 1.29 is 9.47 Å². The second-order valence-corrected chi connectivity index (χ2v) is 6.05. The Labute approximate surface area is 137 Å². The normalized spacial score (nSPS) is 16.8. The first-order valence-corrected chi connectivity index (χ1v) is 8.24. The lowest BCUT2D eigenvalue weighted by Gasteiger charge is -2.23. The molecule has 0 amide bonds. The highest BCUT2D eigenvalue weighted by Gasteiger charge is 2.15. The van der Waals surface area contributed by atoms with Crippen LogP contribution in [-0.2, 0) is 4.74 Å². The van der Waals surface area contributed by atoms with Gasteiger partial charge in [0.1, 0.15) is 11.9 Å². The fraction of sp³-hybridized carbons (Fsp3) is 0.421. The third-order valence-corrected chi connectivity index (χ3v) is 4.15. The molecule has 23 heavy (non-hydrogen) atoms. The van der Waals surface area contributed by atoms with Crippen LogP contribution in [0.2, 0.25) is 0 Å². The van der Waals surface area contributed by atoms with Gasteiger partial charge in [0, 0.05) is 24.6 Å². The van der Waals surface area contributed by atoms with Gasteiger partial charge in [-0.2, -0.15) is 0 Å². The standard InChI is InChI=1S/C19H24N2O2/c1-14-3-6-17(13-20-14)21-15(2)16-4-7-18(8-5-16)23-19-9-11-22-12-10-19/h3-8,13,15,19,21H,9-12H2,1-2H3/t15-/m0/s1. The van der Waals surface area contributed by atoms with Crippen molar-refractivity contribution in [2.24, 2.45) is 0 Å². The molecule has 4 nitrogen and oxygen atoms in total. The average molecular weight is 312 g/mol. The van der Waals surface area contributed by atoms with Crippen molar-refractivity contribution in [3.63, 3.8) is 0 Å². The van der Waals surface area contributed by atoms with Crippen molar-refractivity contribution in [3.8, 4) is 5.75 Å². The van der Waals surface area contributed by atoms with E-state index < -0.39 is 0 Å². The number of anilines is 1. The van der Waals surface area contributed by atoms with Crippen LogP contribution in [0.5, 0.6) is 5.75 Å². The van der Waals surface area contributed by atoms with Gasteiger partial charge in [-0.15, -0.1) is 0 Å². The van der Waals surface area contributed by atoms with Gasteiger partial charge in [0.15, 0.2) is 0 Å². The number of ether oxygens (including phenoxy) is 2. The van der Waals surface area contributed by atoms with Crippen molar-refractivity contribution in [2.45, 2.75) is 38.8 Å². The average Bonchev–Trinajstić information content (AvgIpc) is 2.58. The molecule has 0 radical (unpaired) electrons. The molecule has 122 valence electrons. The molecule has 0 bridgehead atoms. The molecule has 2 heterocycles. The molecule has 4 heteroatoms. The number of nitrogens with one attached hydrogen (secondary N) is 1. The molecule has 1 aliphatic heterocycles. The molecule has 1 N–H and O–H groups in total. The number of benzene rings is 1. The fourth-order valence-electron chi connectivity index (χ4n) is 2.71. The van der Waals surface area contributed by atoms with Gasteiger partial charge >= 0.3 is 0 Å². The summed E-state index contributed by atoms with van der Waals surface area (Å²) in [5.74, 6) is 0.935. The van der Waals surface area contributed by atoms with Crippen molar-refractivity contribution in [3.05, 3.63) is 53.9 Å². The summed E-state index contributed by atoms with van der Waals surface area (Å²) in [5, 5.41) is 3.47. The lowest BCUT2D eigenvalue weighted by molar-refractivity contribution is 0.0255. The maximum Gasteiger partial charge on any atom is 0.119 e. The molecular weight excluding hydrogens is 288 g/mol. The molecule has 0 unspecified atom stereocenters. The van der Waals surface area contributed by atoms with Crippen LogP contribution < -0.4 is 10.1 Å². The minimum absolute atomic E-state index is 0.219. The van der Waals surface area contributed by atoms with Gasteiger partial charge in [0.2, 0.25) is 0 Å². The monoisotopic (exact) mass is 312 g/mol. The largest absolute Gasteiger partial charge is 0.490 e. The molecular formula is C19H24N2O2. The number of hydrogen-bond acceptors (Lipinski definition) is 4. The Morgan fingerprint density at radius 2 is 1.87 bits per heavy atom. The Morgan fingerprint density at radius 3 is 2.52 bits per heavy atom. The maximum absolute atomic E-state index is 6.01. The van der Waals surface area contributed by atoms with E-state index in [1.807, 2.05) is 19.2 Å². The first-order valence-electron chi connectivity index (χ1n) is 8.24. The van der Waals surface area contributed by atoms with E-state index >= 15 is 0 Å². The Kier molecular flexibility index (Phi) is 5.13. The SMILES string of the molecule is Cc1ccc(N[C@@H](C)c2ccc(OC3CCOCC3)cc2)cn1. The molecule has 1 aromatic carbocycles. The predicted molar refractivity (Wildman–Crippen MR) is 91.9 cm³/mol. The summed E-state index contributed by atoms with van der Waals surface area (Å²) in [4.78, 5) is 4.31. The van der Waals surface area contributed by atoms with E-state index in [1.54, 1.807) is 0 Å². The zero-order valence-corrected chi connectivity index (χ0v) is 13.8. The Hall–Kier alpha value is -2.07. The summed E-state index contributed by atoms with van der Waals surface area (Å²) in [5.41, 5.74) is 3.29. The summed E-state index contributed by atoms with van der Waals surface area (Å²) in [6.45, 7) is 5.74. The molecule has 0 saturated carbocycles. The minimum atomic E-state index is 0.219. The van der Waals surface area contributed by atoms with Crippen LogP contribution in [0.15, 0.2) is 42.6 Å². The summed E-state index contributed by atoms with van der Waals surface area (Å²) in [7, 11) is 0. The quantitative estimate of drug-likeness (QED) is 0.902. The Balaban J connectivity index is 1.58. The lowest BCUT2D eigenvalue weighted by Crippen LogP contribution is -2.25. The van der Waals surface area contributed by atoms with Gasteiger partial charge in [-0.3, -0.25) is 4.98 Å². The summed E-state index contributed by atoms with van der Waals surface area (Å²) in [6, 6.07) is 12.6. The number of nitrogens with zero attached hydrogens (tertiary/aromatic N) is 1. The van der Waals surface area contributed by atoms with Gasteiger partial charge < -0.3 is 14.8 Å². The molecule has 3 rings (SSSR count). The molecule has 1 aromatic heterocycles. The van der Waals surface area contributed by atoms with E-state index in [0.717, 1.165) is 43.2 Å². The number of aromatic nitrogens is 1. The molecule has 1 saturated heterocycles. The third kappa shape index (κ3) is 4.45. The van der Waals surface area contributed by atoms with Crippen molar-refractivity contribution >= 4 is 5.69 Å². The number of aryl methyl sites for hydroxylation is 1. The van der Waals surface area contributed by atoms with Crippen LogP contribution in [0.25, 0.3) is 0 Å². The van der Waals surface area contributed by atoms with E-state index in [1.165, 1.54) is 5.56 Å². The minimum Gasteiger partial charge on any atom is -0.490 e. The molecule has 0 aliphatic carbocycles. The predicted octanol–water partition coefficient (Wildman–Crippen LogP) is 4.12. The van der Waals surface area contributed by atoms with Crippen LogP contribution >= 0.6 is 0 Å². The van der Waals surface area contributed by atoms with Crippen LogP contribution in [0.1, 0.15) is 37.1 Å².